The molecule has 0 amide bonds. The highest BCUT2D eigenvalue weighted by molar-refractivity contribution is 5.43. The van der Waals surface area contributed by atoms with Crippen molar-refractivity contribution in [1.29, 1.82) is 0 Å². The van der Waals surface area contributed by atoms with E-state index in [1.807, 2.05) is 17.1 Å². The van der Waals surface area contributed by atoms with Gasteiger partial charge in [-0.05, 0) is 23.6 Å². The SMILES string of the molecule is CCc1cc(CN)ccc1-n1ccnc1. The Kier molecular flexibility index (Phi) is 2.83. The summed E-state index contributed by atoms with van der Waals surface area (Å²) >= 11 is 0. The van der Waals surface area contributed by atoms with Crippen molar-refractivity contribution >= 4 is 0 Å². The van der Waals surface area contributed by atoms with Crippen molar-refractivity contribution in [2.75, 3.05) is 0 Å². The van der Waals surface area contributed by atoms with Crippen LogP contribution in [0.1, 0.15) is 18.1 Å². The van der Waals surface area contributed by atoms with Gasteiger partial charge in [-0.1, -0.05) is 19.1 Å². The zero-order valence-electron chi connectivity index (χ0n) is 8.85. The summed E-state index contributed by atoms with van der Waals surface area (Å²) in [6.07, 6.45) is 6.56. The summed E-state index contributed by atoms with van der Waals surface area (Å²) in [5.41, 5.74) is 9.29. The minimum atomic E-state index is 0.594. The first-order valence-electron chi connectivity index (χ1n) is 5.15. The Morgan fingerprint density at radius 3 is 2.87 bits per heavy atom. The number of benzene rings is 1. The van der Waals surface area contributed by atoms with Crippen molar-refractivity contribution in [3.05, 3.63) is 48.0 Å². The fourth-order valence-corrected chi connectivity index (χ4v) is 1.70. The third kappa shape index (κ3) is 1.92. The van der Waals surface area contributed by atoms with E-state index in [0.29, 0.717) is 6.54 Å². The van der Waals surface area contributed by atoms with E-state index < -0.39 is 0 Å². The topological polar surface area (TPSA) is 43.8 Å². The van der Waals surface area contributed by atoms with Crippen molar-refractivity contribution in [2.45, 2.75) is 19.9 Å². The summed E-state index contributed by atoms with van der Waals surface area (Å²) in [6.45, 7) is 2.74. The van der Waals surface area contributed by atoms with Crippen molar-refractivity contribution in [2.24, 2.45) is 5.73 Å². The number of rotatable bonds is 3. The molecule has 15 heavy (non-hydrogen) atoms. The average Bonchev–Trinajstić information content (AvgIpc) is 2.81. The second-order valence-corrected chi connectivity index (χ2v) is 3.49. The number of nitrogens with two attached hydrogens (primary N) is 1. The van der Waals surface area contributed by atoms with Crippen molar-refractivity contribution in [1.82, 2.24) is 9.55 Å². The number of hydrogen-bond donors (Lipinski definition) is 1. The van der Waals surface area contributed by atoms with Gasteiger partial charge in [-0.25, -0.2) is 4.98 Å². The van der Waals surface area contributed by atoms with Crippen molar-refractivity contribution in [3.8, 4) is 5.69 Å². The Balaban J connectivity index is 2.48. The van der Waals surface area contributed by atoms with E-state index in [0.717, 1.165) is 6.42 Å². The molecule has 2 rings (SSSR count). The van der Waals surface area contributed by atoms with Gasteiger partial charge in [0.1, 0.15) is 0 Å². The van der Waals surface area contributed by atoms with Crippen LogP contribution in [0.25, 0.3) is 5.69 Å². The highest BCUT2D eigenvalue weighted by atomic mass is 15.0. The maximum absolute atomic E-state index is 5.62. The third-order valence-corrected chi connectivity index (χ3v) is 2.54. The molecule has 0 aliphatic rings. The largest absolute Gasteiger partial charge is 0.326 e. The molecule has 0 radical (unpaired) electrons. The monoisotopic (exact) mass is 201 g/mol. The lowest BCUT2D eigenvalue weighted by Crippen LogP contribution is -2.01. The number of aryl methyl sites for hydroxylation is 1. The van der Waals surface area contributed by atoms with E-state index in [1.165, 1.54) is 16.8 Å². The first-order valence-corrected chi connectivity index (χ1v) is 5.15. The summed E-state index contributed by atoms with van der Waals surface area (Å²) in [4.78, 5) is 4.05. The zero-order valence-corrected chi connectivity index (χ0v) is 8.85. The Labute approximate surface area is 89.6 Å². The Bertz CT molecular complexity index is 432. The lowest BCUT2D eigenvalue weighted by molar-refractivity contribution is 0.983. The molecule has 0 saturated carbocycles. The molecular formula is C12H15N3. The van der Waals surface area contributed by atoms with Gasteiger partial charge in [-0.2, -0.15) is 0 Å². The Morgan fingerprint density at radius 2 is 2.27 bits per heavy atom. The van der Waals surface area contributed by atoms with Gasteiger partial charge in [-0.15, -0.1) is 0 Å². The molecule has 2 N–H and O–H groups in total. The van der Waals surface area contributed by atoms with Crippen LogP contribution in [0.4, 0.5) is 0 Å². The van der Waals surface area contributed by atoms with Crippen LogP contribution < -0.4 is 5.73 Å². The molecule has 1 aromatic carbocycles. The van der Waals surface area contributed by atoms with E-state index in [2.05, 4.69) is 30.1 Å². The molecular weight excluding hydrogens is 186 g/mol. The Morgan fingerprint density at radius 1 is 1.40 bits per heavy atom. The lowest BCUT2D eigenvalue weighted by Gasteiger charge is -2.10. The van der Waals surface area contributed by atoms with Crippen LogP contribution in [0.2, 0.25) is 0 Å². The van der Waals surface area contributed by atoms with Crippen LogP contribution in [0.15, 0.2) is 36.9 Å². The van der Waals surface area contributed by atoms with Gasteiger partial charge in [0.15, 0.2) is 0 Å². The molecule has 0 saturated heterocycles. The van der Waals surface area contributed by atoms with Gasteiger partial charge in [-0.3, -0.25) is 0 Å². The highest BCUT2D eigenvalue weighted by Gasteiger charge is 2.03. The van der Waals surface area contributed by atoms with Gasteiger partial charge in [0.05, 0.1) is 6.33 Å². The van der Waals surface area contributed by atoms with Gasteiger partial charge < -0.3 is 10.3 Å². The minimum absolute atomic E-state index is 0.594. The van der Waals surface area contributed by atoms with Crippen LogP contribution in [-0.4, -0.2) is 9.55 Å². The smallest absolute Gasteiger partial charge is 0.0991 e. The molecule has 0 bridgehead atoms. The molecule has 3 nitrogen and oxygen atoms in total. The van der Waals surface area contributed by atoms with Crippen LogP contribution >= 0.6 is 0 Å². The van der Waals surface area contributed by atoms with E-state index in [-0.39, 0.29) is 0 Å². The summed E-state index contributed by atoms with van der Waals surface area (Å²) in [5, 5.41) is 0. The van der Waals surface area contributed by atoms with Crippen LogP contribution in [0, 0.1) is 0 Å². The van der Waals surface area contributed by atoms with Crippen molar-refractivity contribution in [3.63, 3.8) is 0 Å². The molecule has 78 valence electrons. The van der Waals surface area contributed by atoms with Gasteiger partial charge in [0.2, 0.25) is 0 Å². The van der Waals surface area contributed by atoms with Gasteiger partial charge in [0, 0.05) is 24.6 Å². The number of imidazole rings is 1. The van der Waals surface area contributed by atoms with Crippen LogP contribution in [-0.2, 0) is 13.0 Å². The Hall–Kier alpha value is -1.61. The number of aromatic nitrogens is 2. The lowest BCUT2D eigenvalue weighted by atomic mass is 10.1. The number of nitrogens with zero attached hydrogens (tertiary/aromatic N) is 2. The average molecular weight is 201 g/mol. The predicted molar refractivity (Wildman–Crippen MR) is 60.8 cm³/mol. The molecule has 0 aliphatic carbocycles. The summed E-state index contributed by atoms with van der Waals surface area (Å²) in [7, 11) is 0. The maximum atomic E-state index is 5.62. The second-order valence-electron chi connectivity index (χ2n) is 3.49. The van der Waals surface area contributed by atoms with E-state index >= 15 is 0 Å². The summed E-state index contributed by atoms with van der Waals surface area (Å²) < 4.78 is 2.03. The normalized spacial score (nSPS) is 10.5. The molecule has 0 spiro atoms. The van der Waals surface area contributed by atoms with Crippen LogP contribution in [0.5, 0.6) is 0 Å². The predicted octanol–water partition coefficient (Wildman–Crippen LogP) is 1.89. The summed E-state index contributed by atoms with van der Waals surface area (Å²) in [5.74, 6) is 0. The molecule has 2 aromatic rings. The zero-order chi connectivity index (χ0) is 10.7. The van der Waals surface area contributed by atoms with E-state index in [9.17, 15) is 0 Å². The van der Waals surface area contributed by atoms with Crippen molar-refractivity contribution < 1.29 is 0 Å². The maximum Gasteiger partial charge on any atom is 0.0991 e. The van der Waals surface area contributed by atoms with Crippen LogP contribution in [0.3, 0.4) is 0 Å². The molecule has 0 atom stereocenters. The minimum Gasteiger partial charge on any atom is -0.326 e. The third-order valence-electron chi connectivity index (χ3n) is 2.54. The highest BCUT2D eigenvalue weighted by Crippen LogP contribution is 2.16. The van der Waals surface area contributed by atoms with E-state index in [1.54, 1.807) is 6.20 Å². The van der Waals surface area contributed by atoms with Gasteiger partial charge >= 0.3 is 0 Å². The molecule has 1 aromatic heterocycles. The van der Waals surface area contributed by atoms with Gasteiger partial charge in [0.25, 0.3) is 0 Å². The second kappa shape index (κ2) is 4.28. The first-order chi connectivity index (χ1) is 7.35. The number of hydrogen-bond acceptors (Lipinski definition) is 2. The fourth-order valence-electron chi connectivity index (χ4n) is 1.70. The standard InChI is InChI=1S/C12H15N3/c1-2-11-7-10(8-13)3-4-12(11)15-6-5-14-9-15/h3-7,9H,2,8,13H2,1H3. The fraction of sp³-hybridized carbons (Fsp3) is 0.250. The first kappa shape index (κ1) is 9.93. The summed E-state index contributed by atoms with van der Waals surface area (Å²) in [6, 6.07) is 6.33. The molecule has 0 unspecified atom stereocenters. The molecule has 0 fully saturated rings. The molecule has 3 heteroatoms. The molecule has 0 aliphatic heterocycles. The quantitative estimate of drug-likeness (QED) is 0.824. The van der Waals surface area contributed by atoms with E-state index in [4.69, 9.17) is 5.73 Å². The molecule has 1 heterocycles.